The number of hydrogen-bond donors (Lipinski definition) is 1. The molecule has 1 unspecified atom stereocenters. The summed E-state index contributed by atoms with van der Waals surface area (Å²) in [6.07, 6.45) is 3.83. The van der Waals surface area contributed by atoms with E-state index in [1.165, 1.54) is 11.1 Å². The molecule has 138 valence electrons. The van der Waals surface area contributed by atoms with E-state index in [4.69, 9.17) is 0 Å². The molecule has 0 radical (unpaired) electrons. The largest absolute Gasteiger partial charge is 0.338 e. The van der Waals surface area contributed by atoms with E-state index in [2.05, 4.69) is 39.5 Å². The molecular weight excluding hydrogens is 324 g/mol. The summed E-state index contributed by atoms with van der Waals surface area (Å²) in [7, 11) is 1.82. The molecule has 0 aliphatic carbocycles. The van der Waals surface area contributed by atoms with Gasteiger partial charge in [-0.25, -0.2) is 4.79 Å². The lowest BCUT2D eigenvalue weighted by Gasteiger charge is -2.29. The Kier molecular flexibility index (Phi) is 6.23. The van der Waals surface area contributed by atoms with E-state index in [1.54, 1.807) is 11.1 Å². The Morgan fingerprint density at radius 2 is 2.00 bits per heavy atom. The number of carbonyl (C=O) groups is 1. The minimum atomic E-state index is -0.0489. The van der Waals surface area contributed by atoms with Gasteiger partial charge in [-0.1, -0.05) is 30.3 Å². The smallest absolute Gasteiger partial charge is 0.317 e. The fourth-order valence-electron chi connectivity index (χ4n) is 3.37. The molecule has 3 rings (SSSR count). The number of aromatic nitrogens is 1. The molecule has 5 heteroatoms. The monoisotopic (exact) mass is 352 g/mol. The number of carbonyl (C=O) groups excluding carboxylic acids is 1. The molecule has 5 nitrogen and oxygen atoms in total. The first kappa shape index (κ1) is 18.4. The molecule has 1 aliphatic heterocycles. The maximum atomic E-state index is 12.3. The van der Waals surface area contributed by atoms with Crippen LogP contribution < -0.4 is 5.32 Å². The number of urea groups is 1. The fourth-order valence-corrected chi connectivity index (χ4v) is 3.37. The van der Waals surface area contributed by atoms with Crippen molar-refractivity contribution < 1.29 is 4.79 Å². The average molecular weight is 352 g/mol. The Morgan fingerprint density at radius 1 is 1.23 bits per heavy atom. The number of nitrogens with zero attached hydrogens (tertiary/aromatic N) is 3. The van der Waals surface area contributed by atoms with E-state index in [0.29, 0.717) is 6.54 Å². The lowest BCUT2D eigenvalue weighted by atomic mass is 10.00. The second-order valence-corrected chi connectivity index (χ2v) is 6.92. The van der Waals surface area contributed by atoms with Crippen LogP contribution in [0.2, 0.25) is 0 Å². The van der Waals surface area contributed by atoms with Gasteiger partial charge in [0.05, 0.1) is 11.7 Å². The van der Waals surface area contributed by atoms with Crippen LogP contribution in [0.5, 0.6) is 0 Å². The molecule has 2 heterocycles. The van der Waals surface area contributed by atoms with Gasteiger partial charge < -0.3 is 10.2 Å². The van der Waals surface area contributed by atoms with Crippen molar-refractivity contribution in [3.63, 3.8) is 0 Å². The summed E-state index contributed by atoms with van der Waals surface area (Å²) in [5.41, 5.74) is 3.81. The lowest BCUT2D eigenvalue weighted by Crippen LogP contribution is -2.40. The Hall–Kier alpha value is -2.40. The Bertz CT molecular complexity index is 719. The molecule has 2 amide bonds. The van der Waals surface area contributed by atoms with Crippen molar-refractivity contribution in [2.75, 3.05) is 26.7 Å². The molecule has 1 N–H and O–H groups in total. The summed E-state index contributed by atoms with van der Waals surface area (Å²) >= 11 is 0. The van der Waals surface area contributed by atoms with E-state index in [9.17, 15) is 4.79 Å². The number of benzene rings is 1. The van der Waals surface area contributed by atoms with Crippen LogP contribution in [0, 0.1) is 0 Å². The molecule has 26 heavy (non-hydrogen) atoms. The van der Waals surface area contributed by atoms with Crippen LogP contribution in [0.15, 0.2) is 48.7 Å². The SMILES string of the molecule is CC(c1ccccn1)N(C)C(=O)NCCCN1CCc2ccccc2C1. The molecule has 2 aromatic rings. The van der Waals surface area contributed by atoms with Gasteiger partial charge >= 0.3 is 6.03 Å². The first-order valence-corrected chi connectivity index (χ1v) is 9.36. The summed E-state index contributed by atoms with van der Waals surface area (Å²) < 4.78 is 0. The van der Waals surface area contributed by atoms with Crippen LogP contribution >= 0.6 is 0 Å². The van der Waals surface area contributed by atoms with Gasteiger partial charge in [0.25, 0.3) is 0 Å². The Labute approximate surface area is 156 Å². The highest BCUT2D eigenvalue weighted by atomic mass is 16.2. The van der Waals surface area contributed by atoms with Gasteiger partial charge in [0.15, 0.2) is 0 Å². The zero-order chi connectivity index (χ0) is 18.4. The van der Waals surface area contributed by atoms with Gasteiger partial charge in [-0.05, 0) is 43.0 Å². The fraction of sp³-hybridized carbons (Fsp3) is 0.429. The van der Waals surface area contributed by atoms with Crippen LogP contribution in [0.1, 0.15) is 36.2 Å². The molecule has 1 atom stereocenters. The number of amides is 2. The third kappa shape index (κ3) is 4.61. The second-order valence-electron chi connectivity index (χ2n) is 6.92. The van der Waals surface area contributed by atoms with Crippen LogP contribution in [-0.2, 0) is 13.0 Å². The molecule has 1 aromatic heterocycles. The third-order valence-corrected chi connectivity index (χ3v) is 5.15. The zero-order valence-corrected chi connectivity index (χ0v) is 15.7. The van der Waals surface area contributed by atoms with Gasteiger partial charge in [0.1, 0.15) is 0 Å². The van der Waals surface area contributed by atoms with E-state index < -0.39 is 0 Å². The Balaban J connectivity index is 1.39. The number of rotatable bonds is 6. The molecule has 1 aliphatic rings. The zero-order valence-electron chi connectivity index (χ0n) is 15.7. The van der Waals surface area contributed by atoms with Crippen molar-refractivity contribution in [2.24, 2.45) is 0 Å². The first-order valence-electron chi connectivity index (χ1n) is 9.36. The number of fused-ring (bicyclic) bond motifs is 1. The lowest BCUT2D eigenvalue weighted by molar-refractivity contribution is 0.191. The average Bonchev–Trinajstić information content (AvgIpc) is 2.70. The molecule has 0 saturated heterocycles. The van der Waals surface area contributed by atoms with Gasteiger partial charge in [0, 0.05) is 39.4 Å². The van der Waals surface area contributed by atoms with Gasteiger partial charge in [0.2, 0.25) is 0 Å². The maximum absolute atomic E-state index is 12.3. The third-order valence-electron chi connectivity index (χ3n) is 5.15. The number of hydrogen-bond acceptors (Lipinski definition) is 3. The highest BCUT2D eigenvalue weighted by Gasteiger charge is 2.18. The second kappa shape index (κ2) is 8.81. The number of nitrogens with one attached hydrogen (secondary N) is 1. The predicted octanol–water partition coefficient (Wildman–Crippen LogP) is 3.23. The first-order chi connectivity index (χ1) is 12.6. The van der Waals surface area contributed by atoms with E-state index in [-0.39, 0.29) is 12.1 Å². The quantitative estimate of drug-likeness (QED) is 0.812. The van der Waals surface area contributed by atoms with E-state index in [1.807, 2.05) is 32.2 Å². The Morgan fingerprint density at radius 3 is 2.77 bits per heavy atom. The predicted molar refractivity (Wildman–Crippen MR) is 104 cm³/mol. The van der Waals surface area contributed by atoms with Crippen molar-refractivity contribution in [1.29, 1.82) is 0 Å². The summed E-state index contributed by atoms with van der Waals surface area (Å²) in [6.45, 7) is 5.81. The standard InChI is InChI=1S/C21H28N4O/c1-17(20-10-5-6-12-22-20)24(2)21(26)23-13-7-14-25-15-11-18-8-3-4-9-19(18)16-25/h3-6,8-10,12,17H,7,11,13-16H2,1-2H3,(H,23,26). The number of pyridine rings is 1. The normalized spacial score (nSPS) is 15.2. The van der Waals surface area contributed by atoms with Crippen LogP contribution in [0.3, 0.4) is 0 Å². The highest BCUT2D eigenvalue weighted by Crippen LogP contribution is 2.18. The van der Waals surface area contributed by atoms with Gasteiger partial charge in [-0.3, -0.25) is 9.88 Å². The van der Waals surface area contributed by atoms with E-state index >= 15 is 0 Å². The van der Waals surface area contributed by atoms with Crippen LogP contribution in [0.4, 0.5) is 4.79 Å². The maximum Gasteiger partial charge on any atom is 0.317 e. The van der Waals surface area contributed by atoms with Gasteiger partial charge in [-0.15, -0.1) is 0 Å². The van der Waals surface area contributed by atoms with Crippen molar-refractivity contribution in [2.45, 2.75) is 32.4 Å². The molecule has 0 saturated carbocycles. The molecule has 1 aromatic carbocycles. The van der Waals surface area contributed by atoms with Crippen LogP contribution in [0.25, 0.3) is 0 Å². The summed E-state index contributed by atoms with van der Waals surface area (Å²) in [5, 5.41) is 3.02. The summed E-state index contributed by atoms with van der Waals surface area (Å²) in [4.78, 5) is 20.9. The van der Waals surface area contributed by atoms with Crippen molar-refractivity contribution in [1.82, 2.24) is 20.1 Å². The van der Waals surface area contributed by atoms with Crippen molar-refractivity contribution >= 4 is 6.03 Å². The van der Waals surface area contributed by atoms with E-state index in [0.717, 1.165) is 38.2 Å². The minimum absolute atomic E-state index is 0.0465. The van der Waals surface area contributed by atoms with Crippen LogP contribution in [-0.4, -0.2) is 47.5 Å². The molecular formula is C21H28N4O. The van der Waals surface area contributed by atoms with Gasteiger partial charge in [-0.2, -0.15) is 0 Å². The van der Waals surface area contributed by atoms with Crippen molar-refractivity contribution in [3.05, 3.63) is 65.5 Å². The summed E-state index contributed by atoms with van der Waals surface area (Å²) in [6, 6.07) is 14.4. The minimum Gasteiger partial charge on any atom is -0.338 e. The summed E-state index contributed by atoms with van der Waals surface area (Å²) in [5.74, 6) is 0. The molecule has 0 spiro atoms. The topological polar surface area (TPSA) is 48.5 Å². The van der Waals surface area contributed by atoms with Crippen molar-refractivity contribution in [3.8, 4) is 0 Å². The molecule has 0 fully saturated rings. The highest BCUT2D eigenvalue weighted by molar-refractivity contribution is 5.74. The molecule has 0 bridgehead atoms.